The molecule has 190 valence electrons. The minimum absolute atomic E-state index is 0.00717. The van der Waals surface area contributed by atoms with Gasteiger partial charge in [-0.1, -0.05) is 42.5 Å². The summed E-state index contributed by atoms with van der Waals surface area (Å²) in [5.41, 5.74) is 1.59. The van der Waals surface area contributed by atoms with Gasteiger partial charge in [-0.15, -0.1) is 0 Å². The first-order valence-electron chi connectivity index (χ1n) is 11.3. The largest absolute Gasteiger partial charge is 0.481 e. The van der Waals surface area contributed by atoms with E-state index >= 15 is 0 Å². The molecule has 0 radical (unpaired) electrons. The number of imidazole rings is 1. The minimum Gasteiger partial charge on any atom is -0.481 e. The summed E-state index contributed by atoms with van der Waals surface area (Å²) >= 11 is 0. The Kier molecular flexibility index (Phi) is 10.2. The van der Waals surface area contributed by atoms with Gasteiger partial charge in [0.25, 0.3) is 17.8 Å². The highest BCUT2D eigenvalue weighted by molar-refractivity contribution is 5.92. The van der Waals surface area contributed by atoms with Crippen molar-refractivity contribution < 1.29 is 29.7 Å². The van der Waals surface area contributed by atoms with Crippen LogP contribution in [0.4, 0.5) is 0 Å². The summed E-state index contributed by atoms with van der Waals surface area (Å²) < 4.78 is 1.75. The number of aliphatic hydroxyl groups excluding tert-OH is 1. The van der Waals surface area contributed by atoms with Crippen molar-refractivity contribution in [2.75, 3.05) is 39.3 Å². The van der Waals surface area contributed by atoms with Gasteiger partial charge in [0, 0.05) is 59.0 Å². The van der Waals surface area contributed by atoms with E-state index in [9.17, 15) is 9.90 Å². The van der Waals surface area contributed by atoms with Crippen molar-refractivity contribution in [1.82, 2.24) is 19.4 Å². The number of carbonyl (C=O) groups excluding carboxylic acids is 1. The van der Waals surface area contributed by atoms with Gasteiger partial charge in [0.2, 0.25) is 0 Å². The van der Waals surface area contributed by atoms with Crippen LogP contribution in [0.15, 0.2) is 48.9 Å². The molecule has 2 aliphatic heterocycles. The van der Waals surface area contributed by atoms with Crippen molar-refractivity contribution in [2.45, 2.75) is 13.8 Å². The SMILES string of the molecule is CC(=O)O.CC(=O)O.Cn1cncc1C(=O)N1CC2CN(C/C=C/c3ccccc3)CC2(CO)C1. The number of carboxylic acids is 2. The number of carboxylic acid groups (broad SMARTS) is 2. The van der Waals surface area contributed by atoms with Crippen molar-refractivity contribution in [3.05, 3.63) is 60.2 Å². The predicted octanol–water partition coefficient (Wildman–Crippen LogP) is 1.68. The number of hydrogen-bond donors (Lipinski definition) is 3. The predicted molar refractivity (Wildman–Crippen MR) is 131 cm³/mol. The second-order valence-electron chi connectivity index (χ2n) is 8.84. The molecule has 3 heterocycles. The van der Waals surface area contributed by atoms with Crippen LogP contribution in [0.2, 0.25) is 0 Å². The van der Waals surface area contributed by atoms with Crippen LogP contribution in [0.5, 0.6) is 0 Å². The van der Waals surface area contributed by atoms with Crippen LogP contribution in [-0.4, -0.2) is 91.8 Å². The number of hydrogen-bond acceptors (Lipinski definition) is 6. The molecule has 0 aliphatic carbocycles. The number of aliphatic hydroxyl groups is 1. The monoisotopic (exact) mass is 486 g/mol. The van der Waals surface area contributed by atoms with Crippen LogP contribution in [0.1, 0.15) is 29.9 Å². The van der Waals surface area contributed by atoms with Crippen LogP contribution in [0.25, 0.3) is 6.08 Å². The summed E-state index contributed by atoms with van der Waals surface area (Å²) in [5.74, 6) is -1.35. The van der Waals surface area contributed by atoms with Crippen LogP contribution < -0.4 is 0 Å². The Morgan fingerprint density at radius 2 is 1.71 bits per heavy atom. The van der Waals surface area contributed by atoms with E-state index in [4.69, 9.17) is 19.8 Å². The zero-order valence-electron chi connectivity index (χ0n) is 20.4. The Labute approximate surface area is 205 Å². The molecule has 2 unspecified atom stereocenters. The Hall–Kier alpha value is -3.50. The highest BCUT2D eigenvalue weighted by atomic mass is 16.4. The lowest BCUT2D eigenvalue weighted by Gasteiger charge is -2.27. The number of nitrogens with zero attached hydrogens (tertiary/aromatic N) is 4. The average Bonchev–Trinajstić information content (AvgIpc) is 3.45. The van der Waals surface area contributed by atoms with Gasteiger partial charge in [0.1, 0.15) is 5.69 Å². The molecule has 2 fully saturated rings. The number of benzene rings is 1. The van der Waals surface area contributed by atoms with E-state index in [0.29, 0.717) is 24.7 Å². The first-order chi connectivity index (χ1) is 16.6. The topological polar surface area (TPSA) is 136 Å². The fourth-order valence-corrected chi connectivity index (χ4v) is 4.44. The highest BCUT2D eigenvalue weighted by Gasteiger charge is 2.53. The molecule has 0 bridgehead atoms. The average molecular weight is 487 g/mol. The van der Waals surface area contributed by atoms with Crippen LogP contribution in [0.3, 0.4) is 0 Å². The number of rotatable bonds is 5. The molecule has 35 heavy (non-hydrogen) atoms. The summed E-state index contributed by atoms with van der Waals surface area (Å²) in [7, 11) is 1.83. The van der Waals surface area contributed by atoms with Gasteiger partial charge in [-0.3, -0.25) is 19.3 Å². The molecule has 1 amide bonds. The van der Waals surface area contributed by atoms with Crippen LogP contribution >= 0.6 is 0 Å². The minimum atomic E-state index is -0.833. The second kappa shape index (κ2) is 12.8. The van der Waals surface area contributed by atoms with Gasteiger partial charge < -0.3 is 24.8 Å². The number of fused-ring (bicyclic) bond motifs is 1. The normalized spacial score (nSPS) is 21.0. The quantitative estimate of drug-likeness (QED) is 0.581. The molecule has 0 spiro atoms. The maximum absolute atomic E-state index is 12.8. The molecule has 2 aliphatic rings. The first-order valence-corrected chi connectivity index (χ1v) is 11.3. The Morgan fingerprint density at radius 1 is 1.09 bits per heavy atom. The number of carbonyl (C=O) groups is 3. The van der Waals surface area contributed by atoms with Gasteiger partial charge in [-0.2, -0.15) is 0 Å². The van der Waals surface area contributed by atoms with Crippen molar-refractivity contribution in [3.8, 4) is 0 Å². The zero-order chi connectivity index (χ0) is 26.0. The fourth-order valence-electron chi connectivity index (χ4n) is 4.44. The van der Waals surface area contributed by atoms with E-state index in [0.717, 1.165) is 33.5 Å². The molecular formula is C25H34N4O6. The number of aromatic nitrogens is 2. The molecular weight excluding hydrogens is 452 g/mol. The number of amides is 1. The molecule has 2 atom stereocenters. The lowest BCUT2D eigenvalue weighted by Crippen LogP contribution is -2.39. The summed E-state index contributed by atoms with van der Waals surface area (Å²) in [6.07, 6.45) is 7.58. The van der Waals surface area contributed by atoms with Crippen LogP contribution in [0, 0.1) is 11.3 Å². The van der Waals surface area contributed by atoms with E-state index in [2.05, 4.69) is 34.2 Å². The second-order valence-corrected chi connectivity index (χ2v) is 8.84. The lowest BCUT2D eigenvalue weighted by atomic mass is 9.82. The van der Waals surface area contributed by atoms with Crippen LogP contribution in [-0.2, 0) is 16.6 Å². The first kappa shape index (κ1) is 27.7. The van der Waals surface area contributed by atoms with Crippen molar-refractivity contribution in [1.29, 1.82) is 0 Å². The molecule has 10 nitrogen and oxygen atoms in total. The number of aryl methyl sites for hydroxylation is 1. The smallest absolute Gasteiger partial charge is 0.300 e. The van der Waals surface area contributed by atoms with E-state index < -0.39 is 11.9 Å². The molecule has 1 aromatic carbocycles. The van der Waals surface area contributed by atoms with Gasteiger partial charge in [0.05, 0.1) is 19.1 Å². The van der Waals surface area contributed by atoms with Gasteiger partial charge >= 0.3 is 0 Å². The van der Waals surface area contributed by atoms with Gasteiger partial charge in [0.15, 0.2) is 0 Å². The van der Waals surface area contributed by atoms with E-state index in [-0.39, 0.29) is 17.9 Å². The Morgan fingerprint density at radius 3 is 2.23 bits per heavy atom. The molecule has 4 rings (SSSR count). The van der Waals surface area contributed by atoms with Crippen molar-refractivity contribution >= 4 is 23.9 Å². The summed E-state index contributed by atoms with van der Waals surface area (Å²) in [5, 5.41) is 25.0. The lowest BCUT2D eigenvalue weighted by molar-refractivity contribution is -0.135. The van der Waals surface area contributed by atoms with Crippen molar-refractivity contribution in [3.63, 3.8) is 0 Å². The highest BCUT2D eigenvalue weighted by Crippen LogP contribution is 2.42. The van der Waals surface area contributed by atoms with E-state index in [1.54, 1.807) is 17.1 Å². The third-order valence-electron chi connectivity index (χ3n) is 5.94. The molecule has 2 saturated heterocycles. The van der Waals surface area contributed by atoms with Crippen molar-refractivity contribution in [2.24, 2.45) is 18.4 Å². The standard InChI is InChI=1S/C21H26N4O2.2C2H4O2/c1-23-16-22-10-19(23)20(27)25-12-18-11-24(13-21(18,14-25)15-26)9-5-8-17-6-3-2-4-7-17;2*1-2(3)4/h2-8,10,16,18,26H,9,11-15H2,1H3;2*1H3,(H,3,4)/b8-5+;;. The fraction of sp³-hybridized carbons (Fsp3) is 0.440. The Balaban J connectivity index is 0.000000473. The summed E-state index contributed by atoms with van der Waals surface area (Å²) in [6, 6.07) is 10.3. The van der Waals surface area contributed by atoms with E-state index in [1.807, 2.05) is 30.1 Å². The molecule has 2 aromatic rings. The third-order valence-corrected chi connectivity index (χ3v) is 5.94. The molecule has 0 saturated carbocycles. The summed E-state index contributed by atoms with van der Waals surface area (Å²) in [6.45, 7) is 6.19. The maximum Gasteiger partial charge on any atom is 0.300 e. The molecule has 10 heteroatoms. The zero-order valence-corrected chi connectivity index (χ0v) is 20.4. The molecule has 3 N–H and O–H groups in total. The molecule has 1 aromatic heterocycles. The van der Waals surface area contributed by atoms with Gasteiger partial charge in [-0.05, 0) is 11.5 Å². The maximum atomic E-state index is 12.8. The summed E-state index contributed by atoms with van der Waals surface area (Å²) in [4.78, 5) is 39.1. The number of likely N-dealkylation sites (tertiary alicyclic amines) is 2. The number of aliphatic carboxylic acids is 2. The van der Waals surface area contributed by atoms with Gasteiger partial charge in [-0.25, -0.2) is 4.98 Å². The third kappa shape index (κ3) is 8.04. The van der Waals surface area contributed by atoms with E-state index in [1.165, 1.54) is 5.56 Å². The Bertz CT molecular complexity index is 1000.